The Morgan fingerprint density at radius 2 is 1.69 bits per heavy atom. The van der Waals surface area contributed by atoms with Crippen molar-refractivity contribution < 1.29 is 0 Å². The highest BCUT2D eigenvalue weighted by molar-refractivity contribution is 5.75. The minimum absolute atomic E-state index is 0.920. The molecule has 0 spiro atoms. The summed E-state index contributed by atoms with van der Waals surface area (Å²) in [6, 6.07) is 16.2. The Bertz CT molecular complexity index is 623. The molecule has 0 aliphatic rings. The lowest BCUT2D eigenvalue weighted by Gasteiger charge is -2.01. The van der Waals surface area contributed by atoms with Gasteiger partial charge in [-0.3, -0.25) is 0 Å². The van der Waals surface area contributed by atoms with Crippen LogP contribution in [0.1, 0.15) is 5.56 Å². The Morgan fingerprint density at radius 3 is 2.50 bits per heavy atom. The largest absolute Gasteiger partial charge is 0.213 e. The van der Waals surface area contributed by atoms with Crippen molar-refractivity contribution in [2.45, 2.75) is 6.92 Å². The van der Waals surface area contributed by atoms with Gasteiger partial charge in [-0.1, -0.05) is 35.0 Å². The quantitative estimate of drug-likeness (QED) is 0.617. The number of aryl methyl sites for hydroxylation is 1. The van der Waals surface area contributed by atoms with Gasteiger partial charge in [0, 0.05) is 0 Å². The summed E-state index contributed by atoms with van der Waals surface area (Å²) >= 11 is 0. The molecule has 0 N–H and O–H groups in total. The van der Waals surface area contributed by atoms with Crippen molar-refractivity contribution in [3.63, 3.8) is 0 Å². The SMILES string of the molecule is Cc1ccc(-n2nnc3ccccc32)cc1. The van der Waals surface area contributed by atoms with Crippen molar-refractivity contribution in [1.29, 1.82) is 0 Å². The molecule has 3 aromatic rings. The molecule has 1 aromatic heterocycles. The van der Waals surface area contributed by atoms with Crippen LogP contribution in [0.3, 0.4) is 0 Å². The highest BCUT2D eigenvalue weighted by atomic mass is 15.4. The number of nitrogens with zero attached hydrogens (tertiary/aromatic N) is 3. The highest BCUT2D eigenvalue weighted by Crippen LogP contribution is 2.15. The molecule has 0 aliphatic heterocycles. The van der Waals surface area contributed by atoms with Gasteiger partial charge in [0.15, 0.2) is 0 Å². The molecule has 0 atom stereocenters. The highest BCUT2D eigenvalue weighted by Gasteiger charge is 2.04. The average molecular weight is 209 g/mol. The van der Waals surface area contributed by atoms with Crippen molar-refractivity contribution in [1.82, 2.24) is 15.0 Å². The summed E-state index contributed by atoms with van der Waals surface area (Å²) in [4.78, 5) is 0. The topological polar surface area (TPSA) is 30.7 Å². The van der Waals surface area contributed by atoms with E-state index in [-0.39, 0.29) is 0 Å². The fourth-order valence-corrected chi connectivity index (χ4v) is 1.75. The van der Waals surface area contributed by atoms with E-state index in [0.717, 1.165) is 16.7 Å². The molecule has 0 saturated carbocycles. The Labute approximate surface area is 93.3 Å². The molecule has 0 unspecified atom stereocenters. The summed E-state index contributed by atoms with van der Waals surface area (Å²) in [6.45, 7) is 2.07. The fraction of sp³-hybridized carbons (Fsp3) is 0.0769. The molecule has 2 aromatic carbocycles. The lowest BCUT2D eigenvalue weighted by atomic mass is 10.2. The van der Waals surface area contributed by atoms with E-state index in [0.29, 0.717) is 0 Å². The number of hydrogen-bond acceptors (Lipinski definition) is 2. The molecule has 0 fully saturated rings. The van der Waals surface area contributed by atoms with Gasteiger partial charge in [-0.2, -0.15) is 0 Å². The third-order valence-electron chi connectivity index (χ3n) is 2.63. The van der Waals surface area contributed by atoms with E-state index in [1.165, 1.54) is 5.56 Å². The summed E-state index contributed by atoms with van der Waals surface area (Å²) in [5.41, 5.74) is 4.24. The average Bonchev–Trinajstić information content (AvgIpc) is 2.74. The van der Waals surface area contributed by atoms with E-state index in [1.54, 1.807) is 0 Å². The number of benzene rings is 2. The summed E-state index contributed by atoms with van der Waals surface area (Å²) in [5.74, 6) is 0. The molecule has 1 heterocycles. The summed E-state index contributed by atoms with van der Waals surface area (Å²) in [6.07, 6.45) is 0. The van der Waals surface area contributed by atoms with Gasteiger partial charge in [0.25, 0.3) is 0 Å². The van der Waals surface area contributed by atoms with Crippen molar-refractivity contribution in [3.05, 3.63) is 54.1 Å². The van der Waals surface area contributed by atoms with Gasteiger partial charge in [0.1, 0.15) is 5.52 Å². The second-order valence-corrected chi connectivity index (χ2v) is 3.83. The number of rotatable bonds is 1. The Balaban J connectivity index is 2.22. The van der Waals surface area contributed by atoms with E-state index in [2.05, 4.69) is 41.5 Å². The molecule has 3 nitrogen and oxygen atoms in total. The second kappa shape index (κ2) is 3.45. The van der Waals surface area contributed by atoms with Crippen LogP contribution < -0.4 is 0 Å². The first kappa shape index (κ1) is 9.09. The zero-order valence-electron chi connectivity index (χ0n) is 8.96. The molecule has 3 heteroatoms. The van der Waals surface area contributed by atoms with E-state index in [9.17, 15) is 0 Å². The maximum atomic E-state index is 4.16. The van der Waals surface area contributed by atoms with Crippen LogP contribution in [0.2, 0.25) is 0 Å². The normalized spacial score (nSPS) is 10.8. The Hall–Kier alpha value is -2.16. The van der Waals surface area contributed by atoms with Gasteiger partial charge in [-0.25, -0.2) is 4.68 Å². The molecule has 0 amide bonds. The van der Waals surface area contributed by atoms with E-state index in [4.69, 9.17) is 0 Å². The molecule has 0 aliphatic carbocycles. The third kappa shape index (κ3) is 1.37. The lowest BCUT2D eigenvalue weighted by Crippen LogP contribution is -1.95. The first-order chi connectivity index (χ1) is 7.84. The van der Waals surface area contributed by atoms with Crippen LogP contribution in [-0.4, -0.2) is 15.0 Å². The van der Waals surface area contributed by atoms with Crippen LogP contribution >= 0.6 is 0 Å². The number of para-hydroxylation sites is 1. The number of fused-ring (bicyclic) bond motifs is 1. The molecule has 0 radical (unpaired) electrons. The Kier molecular flexibility index (Phi) is 1.96. The monoisotopic (exact) mass is 209 g/mol. The third-order valence-corrected chi connectivity index (χ3v) is 2.63. The molecule has 0 saturated heterocycles. The van der Waals surface area contributed by atoms with Crippen LogP contribution in [-0.2, 0) is 0 Å². The van der Waals surface area contributed by atoms with Crippen molar-refractivity contribution in [2.24, 2.45) is 0 Å². The van der Waals surface area contributed by atoms with Crippen molar-refractivity contribution in [2.75, 3.05) is 0 Å². The second-order valence-electron chi connectivity index (χ2n) is 3.83. The van der Waals surface area contributed by atoms with Crippen LogP contribution in [0.4, 0.5) is 0 Å². The van der Waals surface area contributed by atoms with Crippen LogP contribution in [0.15, 0.2) is 48.5 Å². The first-order valence-corrected chi connectivity index (χ1v) is 5.22. The smallest absolute Gasteiger partial charge is 0.113 e. The van der Waals surface area contributed by atoms with Gasteiger partial charge < -0.3 is 0 Å². The lowest BCUT2D eigenvalue weighted by molar-refractivity contribution is 0.823. The van der Waals surface area contributed by atoms with Gasteiger partial charge >= 0.3 is 0 Å². The minimum Gasteiger partial charge on any atom is -0.213 e. The molecular formula is C13H11N3. The van der Waals surface area contributed by atoms with Gasteiger partial charge in [-0.15, -0.1) is 5.10 Å². The van der Waals surface area contributed by atoms with Crippen molar-refractivity contribution >= 4 is 11.0 Å². The van der Waals surface area contributed by atoms with Gasteiger partial charge in [0.05, 0.1) is 11.2 Å². The van der Waals surface area contributed by atoms with E-state index < -0.39 is 0 Å². The van der Waals surface area contributed by atoms with Crippen molar-refractivity contribution in [3.8, 4) is 5.69 Å². The standard InChI is InChI=1S/C13H11N3/c1-10-6-8-11(9-7-10)16-13-5-3-2-4-12(13)14-15-16/h2-9H,1H3. The summed E-state index contributed by atoms with van der Waals surface area (Å²) in [7, 11) is 0. The Morgan fingerprint density at radius 1 is 0.938 bits per heavy atom. The zero-order valence-corrected chi connectivity index (χ0v) is 8.96. The maximum absolute atomic E-state index is 4.16. The molecule has 3 rings (SSSR count). The number of hydrogen-bond donors (Lipinski definition) is 0. The van der Waals surface area contributed by atoms with Crippen LogP contribution in [0.25, 0.3) is 16.7 Å². The summed E-state index contributed by atoms with van der Waals surface area (Å²) < 4.78 is 1.86. The fourth-order valence-electron chi connectivity index (χ4n) is 1.75. The maximum Gasteiger partial charge on any atom is 0.113 e. The summed E-state index contributed by atoms with van der Waals surface area (Å²) in [5, 5.41) is 8.29. The molecule has 78 valence electrons. The first-order valence-electron chi connectivity index (χ1n) is 5.22. The zero-order chi connectivity index (χ0) is 11.0. The predicted octanol–water partition coefficient (Wildman–Crippen LogP) is 2.73. The number of aromatic nitrogens is 3. The van der Waals surface area contributed by atoms with Crippen LogP contribution in [0.5, 0.6) is 0 Å². The van der Waals surface area contributed by atoms with E-state index >= 15 is 0 Å². The minimum atomic E-state index is 0.920. The molecular weight excluding hydrogens is 198 g/mol. The molecule has 16 heavy (non-hydrogen) atoms. The predicted molar refractivity (Wildman–Crippen MR) is 63.6 cm³/mol. The van der Waals surface area contributed by atoms with Gasteiger partial charge in [0.2, 0.25) is 0 Å². The van der Waals surface area contributed by atoms with Crippen LogP contribution in [0, 0.1) is 6.92 Å². The van der Waals surface area contributed by atoms with E-state index in [1.807, 2.05) is 28.9 Å². The van der Waals surface area contributed by atoms with Gasteiger partial charge in [-0.05, 0) is 31.2 Å². The molecule has 0 bridgehead atoms.